The van der Waals surface area contributed by atoms with Crippen molar-refractivity contribution in [1.29, 1.82) is 0 Å². The molecule has 0 saturated heterocycles. The molecule has 0 aliphatic carbocycles. The molecular formula is C13H14Cl2N4O3. The summed E-state index contributed by atoms with van der Waals surface area (Å²) in [7, 11) is 0. The third-order valence-corrected chi connectivity index (χ3v) is 3.59. The van der Waals surface area contributed by atoms with Gasteiger partial charge < -0.3 is 4.74 Å². The normalized spacial score (nSPS) is 17.1. The van der Waals surface area contributed by atoms with Gasteiger partial charge in [0.25, 0.3) is 5.91 Å². The first-order valence-corrected chi connectivity index (χ1v) is 7.21. The van der Waals surface area contributed by atoms with Gasteiger partial charge in [-0.3, -0.25) is 25.5 Å². The molecule has 9 heteroatoms. The van der Waals surface area contributed by atoms with Crippen LogP contribution in [0.1, 0.15) is 6.92 Å². The third kappa shape index (κ3) is 4.25. The van der Waals surface area contributed by atoms with Gasteiger partial charge in [0.1, 0.15) is 19.0 Å². The van der Waals surface area contributed by atoms with E-state index in [1.54, 1.807) is 19.1 Å². The molecule has 0 saturated carbocycles. The quantitative estimate of drug-likeness (QED) is 0.877. The molecule has 2 amide bonds. The monoisotopic (exact) mass is 344 g/mol. The van der Waals surface area contributed by atoms with E-state index < -0.39 is 12.1 Å². The first kappa shape index (κ1) is 16.4. The largest absolute Gasteiger partial charge is 0.447 e. The first-order valence-electron chi connectivity index (χ1n) is 6.45. The summed E-state index contributed by atoms with van der Waals surface area (Å²) < 4.78 is 5.00. The highest BCUT2D eigenvalue weighted by molar-refractivity contribution is 6.42. The number of benzene rings is 1. The Bertz CT molecular complexity index is 609. The van der Waals surface area contributed by atoms with E-state index >= 15 is 0 Å². The van der Waals surface area contributed by atoms with Gasteiger partial charge in [0.2, 0.25) is 0 Å². The van der Waals surface area contributed by atoms with Gasteiger partial charge in [-0.25, -0.2) is 4.79 Å². The molecule has 0 spiro atoms. The molecule has 0 bridgehead atoms. The lowest BCUT2D eigenvalue weighted by Crippen LogP contribution is -2.51. The Hall–Kier alpha value is -1.99. The predicted molar refractivity (Wildman–Crippen MR) is 84.2 cm³/mol. The van der Waals surface area contributed by atoms with E-state index in [1.807, 2.05) is 0 Å². The second kappa shape index (κ2) is 7.33. The molecule has 22 heavy (non-hydrogen) atoms. The van der Waals surface area contributed by atoms with Crippen LogP contribution in [0.2, 0.25) is 10.0 Å². The molecule has 0 aromatic heterocycles. The number of anilines is 1. The number of nitrogens with zero attached hydrogens (tertiary/aromatic N) is 2. The summed E-state index contributed by atoms with van der Waals surface area (Å²) in [5.41, 5.74) is 3.15. The fourth-order valence-corrected chi connectivity index (χ4v) is 2.00. The van der Waals surface area contributed by atoms with E-state index in [0.29, 0.717) is 15.7 Å². The van der Waals surface area contributed by atoms with E-state index in [-0.39, 0.29) is 19.1 Å². The number of rotatable bonds is 4. The highest BCUT2D eigenvalue weighted by atomic mass is 35.5. The van der Waals surface area contributed by atoms with Crippen LogP contribution in [0.3, 0.4) is 0 Å². The fourth-order valence-electron chi connectivity index (χ4n) is 1.70. The first-order chi connectivity index (χ1) is 10.5. The van der Waals surface area contributed by atoms with Gasteiger partial charge >= 0.3 is 6.09 Å². The fraction of sp³-hybridized carbons (Fsp3) is 0.308. The van der Waals surface area contributed by atoms with Gasteiger partial charge in [0, 0.05) is 5.69 Å². The number of nitrogens with one attached hydrogen (secondary N) is 2. The summed E-state index contributed by atoms with van der Waals surface area (Å²) in [6.45, 7) is 1.93. The number of ether oxygens (including phenoxy) is 1. The number of amides is 2. The van der Waals surface area contributed by atoms with E-state index in [0.717, 1.165) is 0 Å². The highest BCUT2D eigenvalue weighted by Crippen LogP contribution is 2.24. The van der Waals surface area contributed by atoms with Crippen LogP contribution in [-0.2, 0) is 9.53 Å². The number of hydrazine groups is 1. The lowest BCUT2D eigenvalue weighted by atomic mass is 10.3. The Labute approximate surface area is 137 Å². The van der Waals surface area contributed by atoms with Gasteiger partial charge in [0.15, 0.2) is 0 Å². The average molecular weight is 345 g/mol. The Morgan fingerprint density at radius 3 is 2.95 bits per heavy atom. The zero-order chi connectivity index (χ0) is 16.1. The molecular weight excluding hydrogens is 331 g/mol. The standard InChI is InChI=1S/C13H14Cl2N4O3/c1-8-12(20)19(17-7-16-8)4-5-22-13(21)18-9-2-3-10(14)11(15)6-9/h2-3,6-8H,4-5H2,1H3,(H,16,17)(H,18,21). The van der Waals surface area contributed by atoms with Crippen LogP contribution >= 0.6 is 23.2 Å². The maximum Gasteiger partial charge on any atom is 0.411 e. The molecule has 7 nitrogen and oxygen atoms in total. The van der Waals surface area contributed by atoms with Crippen molar-refractivity contribution >= 4 is 47.2 Å². The summed E-state index contributed by atoms with van der Waals surface area (Å²) in [6.07, 6.45) is 0.784. The van der Waals surface area contributed by atoms with Crippen molar-refractivity contribution in [2.45, 2.75) is 13.0 Å². The Morgan fingerprint density at radius 1 is 1.45 bits per heavy atom. The molecule has 2 N–H and O–H groups in total. The summed E-state index contributed by atoms with van der Waals surface area (Å²) >= 11 is 11.6. The minimum atomic E-state index is -0.649. The van der Waals surface area contributed by atoms with E-state index in [1.165, 1.54) is 17.4 Å². The summed E-state index contributed by atoms with van der Waals surface area (Å²) in [6, 6.07) is 4.24. The molecule has 0 radical (unpaired) electrons. The maximum atomic E-state index is 11.7. The minimum absolute atomic E-state index is 0.0342. The number of aliphatic imine (C=N–C) groups is 1. The molecule has 118 valence electrons. The van der Waals surface area contributed by atoms with Crippen molar-refractivity contribution in [3.63, 3.8) is 0 Å². The average Bonchev–Trinajstić information content (AvgIpc) is 2.47. The summed E-state index contributed by atoms with van der Waals surface area (Å²) in [5, 5.41) is 4.57. The van der Waals surface area contributed by atoms with Crippen LogP contribution in [0.5, 0.6) is 0 Å². The molecule has 1 atom stereocenters. The molecule has 1 heterocycles. The van der Waals surface area contributed by atoms with Gasteiger partial charge in [-0.15, -0.1) is 0 Å². The van der Waals surface area contributed by atoms with Gasteiger partial charge in [-0.1, -0.05) is 23.2 Å². The zero-order valence-corrected chi connectivity index (χ0v) is 13.2. The molecule has 1 aliphatic rings. The van der Waals surface area contributed by atoms with Crippen LogP contribution in [0.4, 0.5) is 10.5 Å². The SMILES string of the molecule is CC1N=CNN(CCOC(=O)Nc2ccc(Cl)c(Cl)c2)C1=O. The van der Waals surface area contributed by atoms with Crippen molar-refractivity contribution in [2.24, 2.45) is 4.99 Å². The second-order valence-electron chi connectivity index (χ2n) is 4.46. The van der Waals surface area contributed by atoms with Crippen LogP contribution in [0.25, 0.3) is 0 Å². The molecule has 1 aromatic rings. The minimum Gasteiger partial charge on any atom is -0.447 e. The second-order valence-corrected chi connectivity index (χ2v) is 5.28. The smallest absolute Gasteiger partial charge is 0.411 e. The van der Waals surface area contributed by atoms with Crippen LogP contribution < -0.4 is 10.7 Å². The zero-order valence-electron chi connectivity index (χ0n) is 11.7. The van der Waals surface area contributed by atoms with Gasteiger partial charge in [-0.2, -0.15) is 0 Å². The van der Waals surface area contributed by atoms with Crippen LogP contribution in [0, 0.1) is 0 Å². The van der Waals surface area contributed by atoms with Crippen molar-refractivity contribution in [1.82, 2.24) is 10.4 Å². The highest BCUT2D eigenvalue weighted by Gasteiger charge is 2.22. The topological polar surface area (TPSA) is 83.0 Å². The number of carbonyl (C=O) groups excluding carboxylic acids is 2. The van der Waals surface area contributed by atoms with E-state index in [2.05, 4.69) is 15.7 Å². The molecule has 1 aromatic carbocycles. The lowest BCUT2D eigenvalue weighted by Gasteiger charge is -2.26. The van der Waals surface area contributed by atoms with Crippen LogP contribution in [-0.4, -0.2) is 42.5 Å². The Morgan fingerprint density at radius 2 is 2.23 bits per heavy atom. The van der Waals surface area contributed by atoms with E-state index in [4.69, 9.17) is 27.9 Å². The Balaban J connectivity index is 1.77. The number of carbonyl (C=O) groups is 2. The molecule has 1 aliphatic heterocycles. The van der Waals surface area contributed by atoms with Gasteiger partial charge in [-0.05, 0) is 25.1 Å². The van der Waals surface area contributed by atoms with E-state index in [9.17, 15) is 9.59 Å². The van der Waals surface area contributed by atoms with Crippen molar-refractivity contribution in [2.75, 3.05) is 18.5 Å². The van der Waals surface area contributed by atoms with Crippen molar-refractivity contribution in [3.8, 4) is 0 Å². The molecule has 0 fully saturated rings. The summed E-state index contributed by atoms with van der Waals surface area (Å²) in [4.78, 5) is 27.3. The maximum absolute atomic E-state index is 11.7. The third-order valence-electron chi connectivity index (χ3n) is 2.85. The molecule has 1 unspecified atom stereocenters. The Kier molecular flexibility index (Phi) is 5.46. The molecule has 2 rings (SSSR count). The lowest BCUT2D eigenvalue weighted by molar-refractivity contribution is -0.135. The van der Waals surface area contributed by atoms with Crippen molar-refractivity contribution < 1.29 is 14.3 Å². The van der Waals surface area contributed by atoms with Crippen LogP contribution in [0.15, 0.2) is 23.2 Å². The van der Waals surface area contributed by atoms with Gasteiger partial charge in [0.05, 0.1) is 16.6 Å². The van der Waals surface area contributed by atoms with Crippen molar-refractivity contribution in [3.05, 3.63) is 28.2 Å². The summed E-state index contributed by atoms with van der Waals surface area (Å²) in [5.74, 6) is -0.184. The predicted octanol–water partition coefficient (Wildman–Crippen LogP) is 2.31. The number of hydrogen-bond donors (Lipinski definition) is 2. The number of hydrogen-bond acceptors (Lipinski definition) is 5. The number of halogens is 2.